The topological polar surface area (TPSA) is 99.3 Å². The fourth-order valence-corrected chi connectivity index (χ4v) is 2.13. The van der Waals surface area contributed by atoms with E-state index in [1.807, 2.05) is 30.3 Å². The maximum atomic E-state index is 12.0. The van der Waals surface area contributed by atoms with E-state index in [4.69, 9.17) is 4.74 Å². The molecule has 0 aliphatic rings. The molecule has 0 aliphatic carbocycles. The van der Waals surface area contributed by atoms with E-state index in [1.165, 1.54) is 17.1 Å². The van der Waals surface area contributed by atoms with Crippen LogP contribution in [0.15, 0.2) is 67.1 Å². The third-order valence-corrected chi connectivity index (χ3v) is 3.25. The zero-order valence-electron chi connectivity index (χ0n) is 13.0. The summed E-state index contributed by atoms with van der Waals surface area (Å²) < 4.78 is 7.02. The van der Waals surface area contributed by atoms with Gasteiger partial charge < -0.3 is 24.7 Å². The molecule has 1 N–H and O–H groups in total. The van der Waals surface area contributed by atoms with Crippen LogP contribution in [-0.4, -0.2) is 20.4 Å². The van der Waals surface area contributed by atoms with Gasteiger partial charge in [0.2, 0.25) is 12.2 Å². The second kappa shape index (κ2) is 7.26. The third kappa shape index (κ3) is 4.41. The molecule has 0 unspecified atom stereocenters. The molecule has 25 heavy (non-hydrogen) atoms. The zero-order chi connectivity index (χ0) is 17.6. The highest BCUT2D eigenvalue weighted by molar-refractivity contribution is 5.90. The van der Waals surface area contributed by atoms with E-state index in [-0.39, 0.29) is 18.3 Å². The third-order valence-electron chi connectivity index (χ3n) is 3.25. The zero-order valence-corrected chi connectivity index (χ0v) is 13.0. The molecule has 3 rings (SSSR count). The first-order valence-electron chi connectivity index (χ1n) is 7.39. The van der Waals surface area contributed by atoms with Gasteiger partial charge in [0.05, 0.1) is 0 Å². The number of para-hydroxylation sites is 1. The first-order valence-corrected chi connectivity index (χ1v) is 7.39. The highest BCUT2D eigenvalue weighted by Crippen LogP contribution is 2.22. The average Bonchev–Trinajstić information content (AvgIpc) is 3.06. The molecule has 1 heterocycles. The molecule has 1 aromatic heterocycles. The number of benzene rings is 2. The van der Waals surface area contributed by atoms with E-state index in [0.29, 0.717) is 11.4 Å². The van der Waals surface area contributed by atoms with Crippen LogP contribution in [0.3, 0.4) is 0 Å². The number of nitrogens with one attached hydrogen (secondary N) is 1. The van der Waals surface area contributed by atoms with Gasteiger partial charge in [-0.2, -0.15) is 0 Å². The molecule has 8 nitrogen and oxygen atoms in total. The Hall–Kier alpha value is -3.68. The summed E-state index contributed by atoms with van der Waals surface area (Å²) in [7, 11) is 0. The molecular formula is C17H14N4O4. The van der Waals surface area contributed by atoms with Crippen LogP contribution in [-0.2, 0) is 11.3 Å². The molecule has 0 spiro atoms. The quantitative estimate of drug-likeness (QED) is 0.549. The number of nitrogens with zero attached hydrogens (tertiary/aromatic N) is 3. The van der Waals surface area contributed by atoms with Crippen LogP contribution in [0.25, 0.3) is 0 Å². The van der Waals surface area contributed by atoms with Crippen molar-refractivity contribution in [1.82, 2.24) is 9.55 Å². The predicted octanol–water partition coefficient (Wildman–Crippen LogP) is 3.22. The number of ether oxygens (including phenoxy) is 1. The van der Waals surface area contributed by atoms with Gasteiger partial charge in [-0.3, -0.25) is 4.79 Å². The second-order valence-electron chi connectivity index (χ2n) is 5.15. The molecule has 0 aliphatic heterocycles. The summed E-state index contributed by atoms with van der Waals surface area (Å²) in [5, 5.41) is 13.3. The number of hydrogen-bond donors (Lipinski definition) is 1. The number of amides is 1. The number of aromatic nitrogens is 2. The van der Waals surface area contributed by atoms with Crippen molar-refractivity contribution in [3.8, 4) is 11.5 Å². The molecule has 0 saturated heterocycles. The molecule has 3 aromatic rings. The molecule has 0 bridgehead atoms. The first-order chi connectivity index (χ1) is 12.1. The van der Waals surface area contributed by atoms with Crippen molar-refractivity contribution < 1.29 is 14.5 Å². The minimum Gasteiger partial charge on any atom is -0.457 e. The Labute approximate surface area is 142 Å². The molecule has 0 fully saturated rings. The second-order valence-corrected chi connectivity index (χ2v) is 5.15. The van der Waals surface area contributed by atoms with Crippen molar-refractivity contribution in [3.63, 3.8) is 0 Å². The van der Waals surface area contributed by atoms with Gasteiger partial charge in [0.1, 0.15) is 24.2 Å². The van der Waals surface area contributed by atoms with Gasteiger partial charge >= 0.3 is 5.82 Å². The highest BCUT2D eigenvalue weighted by atomic mass is 16.6. The smallest absolute Gasteiger partial charge is 0.381 e. The van der Waals surface area contributed by atoms with Crippen molar-refractivity contribution in [3.05, 3.63) is 77.2 Å². The van der Waals surface area contributed by atoms with E-state index in [9.17, 15) is 14.9 Å². The van der Waals surface area contributed by atoms with Crippen molar-refractivity contribution in [2.75, 3.05) is 5.32 Å². The summed E-state index contributed by atoms with van der Waals surface area (Å²) in [6, 6.07) is 16.3. The van der Waals surface area contributed by atoms with E-state index in [2.05, 4.69) is 10.3 Å². The minimum atomic E-state index is -0.611. The number of carbonyl (C=O) groups excluding carboxylic acids is 1. The minimum absolute atomic E-state index is 0.0664. The molecule has 126 valence electrons. The van der Waals surface area contributed by atoms with Gasteiger partial charge in [0.25, 0.3) is 0 Å². The normalized spacial score (nSPS) is 10.2. The number of hydrogen-bond acceptors (Lipinski definition) is 5. The summed E-state index contributed by atoms with van der Waals surface area (Å²) in [6.45, 7) is -0.0664. The van der Waals surface area contributed by atoms with Crippen LogP contribution in [0.5, 0.6) is 11.5 Å². The largest absolute Gasteiger partial charge is 0.457 e. The molecule has 0 atom stereocenters. The highest BCUT2D eigenvalue weighted by Gasteiger charge is 2.12. The number of imidazole rings is 1. The predicted molar refractivity (Wildman–Crippen MR) is 90.5 cm³/mol. The van der Waals surface area contributed by atoms with Gasteiger partial charge in [-0.1, -0.05) is 18.2 Å². The Balaban J connectivity index is 1.57. The Morgan fingerprint density at radius 1 is 1.12 bits per heavy atom. The van der Waals surface area contributed by atoms with Gasteiger partial charge in [0.15, 0.2) is 0 Å². The maximum Gasteiger partial charge on any atom is 0.381 e. The summed E-state index contributed by atoms with van der Waals surface area (Å²) in [5.41, 5.74) is 0.597. The lowest BCUT2D eigenvalue weighted by molar-refractivity contribution is -0.389. The monoisotopic (exact) mass is 338 g/mol. The summed E-state index contributed by atoms with van der Waals surface area (Å²) in [5.74, 6) is 0.759. The maximum absolute atomic E-state index is 12.0. The molecule has 0 saturated carbocycles. The fourth-order valence-electron chi connectivity index (χ4n) is 2.13. The van der Waals surface area contributed by atoms with Crippen LogP contribution < -0.4 is 10.1 Å². The molecule has 0 radical (unpaired) electrons. The Kier molecular flexibility index (Phi) is 4.70. The van der Waals surface area contributed by atoms with Gasteiger partial charge in [-0.25, -0.2) is 0 Å². The lowest BCUT2D eigenvalue weighted by atomic mass is 10.3. The molecular weight excluding hydrogens is 324 g/mol. The average molecular weight is 338 g/mol. The fraction of sp³-hybridized carbons (Fsp3) is 0.0588. The summed E-state index contributed by atoms with van der Waals surface area (Å²) in [4.78, 5) is 25.5. The van der Waals surface area contributed by atoms with Crippen LogP contribution in [0.1, 0.15) is 0 Å². The summed E-state index contributed by atoms with van der Waals surface area (Å²) >= 11 is 0. The SMILES string of the molecule is O=C(Cn1cnc([N+](=O)[O-])c1)Nc1ccc(Oc2ccccc2)cc1. The number of carbonyl (C=O) groups is 1. The van der Waals surface area contributed by atoms with Crippen molar-refractivity contribution in [2.45, 2.75) is 6.54 Å². The Bertz CT molecular complexity index is 875. The van der Waals surface area contributed by atoms with E-state index >= 15 is 0 Å². The Morgan fingerprint density at radius 2 is 1.80 bits per heavy atom. The van der Waals surface area contributed by atoms with Crippen LogP contribution >= 0.6 is 0 Å². The van der Waals surface area contributed by atoms with Gasteiger partial charge in [-0.05, 0) is 46.3 Å². The first kappa shape index (κ1) is 16.2. The summed E-state index contributed by atoms with van der Waals surface area (Å²) in [6.07, 6.45) is 2.45. The van der Waals surface area contributed by atoms with E-state index < -0.39 is 4.92 Å². The van der Waals surface area contributed by atoms with Gasteiger partial charge in [-0.15, -0.1) is 0 Å². The lowest BCUT2D eigenvalue weighted by Gasteiger charge is -2.08. The Morgan fingerprint density at radius 3 is 2.44 bits per heavy atom. The van der Waals surface area contributed by atoms with Crippen LogP contribution in [0.2, 0.25) is 0 Å². The van der Waals surface area contributed by atoms with Crippen LogP contribution in [0.4, 0.5) is 11.5 Å². The number of rotatable bonds is 6. The molecule has 1 amide bonds. The van der Waals surface area contributed by atoms with Crippen molar-refractivity contribution in [2.24, 2.45) is 0 Å². The van der Waals surface area contributed by atoms with Crippen molar-refractivity contribution in [1.29, 1.82) is 0 Å². The number of nitro groups is 1. The number of anilines is 1. The van der Waals surface area contributed by atoms with Gasteiger partial charge in [0, 0.05) is 5.69 Å². The van der Waals surface area contributed by atoms with Crippen molar-refractivity contribution >= 4 is 17.4 Å². The molecule has 8 heteroatoms. The lowest BCUT2D eigenvalue weighted by Crippen LogP contribution is -2.17. The van der Waals surface area contributed by atoms with E-state index in [0.717, 1.165) is 5.75 Å². The van der Waals surface area contributed by atoms with E-state index in [1.54, 1.807) is 24.3 Å². The molecule has 2 aromatic carbocycles. The van der Waals surface area contributed by atoms with Crippen LogP contribution in [0, 0.1) is 10.1 Å². The standard InChI is InChI=1S/C17H14N4O4/c22-17(11-20-10-16(18-12-20)21(23)24)19-13-6-8-15(9-7-13)25-14-4-2-1-3-5-14/h1-10,12H,11H2,(H,19,22).